The van der Waals surface area contributed by atoms with Crippen molar-refractivity contribution in [1.82, 2.24) is 9.78 Å². The highest BCUT2D eigenvalue weighted by molar-refractivity contribution is 6.15. The van der Waals surface area contributed by atoms with Crippen LogP contribution in [-0.4, -0.2) is 21.6 Å². The first-order valence-electron chi connectivity index (χ1n) is 5.62. The summed E-state index contributed by atoms with van der Waals surface area (Å²) >= 11 is 0. The summed E-state index contributed by atoms with van der Waals surface area (Å²) in [5.41, 5.74) is 1.71. The van der Waals surface area contributed by atoms with Gasteiger partial charge in [0, 0.05) is 6.07 Å². The second-order valence-corrected chi connectivity index (χ2v) is 4.30. The predicted molar refractivity (Wildman–Crippen MR) is 65.4 cm³/mol. The summed E-state index contributed by atoms with van der Waals surface area (Å²) in [6.07, 6.45) is 1.49. The number of carbonyl (C=O) groups excluding carboxylic acids is 2. The van der Waals surface area contributed by atoms with Gasteiger partial charge in [0.05, 0.1) is 6.20 Å². The Bertz CT molecular complexity index is 645. The van der Waals surface area contributed by atoms with E-state index in [1.165, 1.54) is 10.9 Å². The maximum absolute atomic E-state index is 12.2. The van der Waals surface area contributed by atoms with E-state index in [0.717, 1.165) is 5.56 Å². The van der Waals surface area contributed by atoms with Gasteiger partial charge in [0.15, 0.2) is 0 Å². The third-order valence-corrected chi connectivity index (χ3v) is 2.99. The van der Waals surface area contributed by atoms with Crippen LogP contribution in [0.3, 0.4) is 0 Å². The number of benzene rings is 1. The van der Waals surface area contributed by atoms with Gasteiger partial charge in [-0.15, -0.1) is 0 Å². The molecule has 1 unspecified atom stereocenters. The molecule has 1 aromatic heterocycles. The van der Waals surface area contributed by atoms with Crippen LogP contribution in [0.15, 0.2) is 36.5 Å². The number of fused-ring (bicyclic) bond motifs is 1. The van der Waals surface area contributed by atoms with Gasteiger partial charge in [-0.3, -0.25) is 9.59 Å². The fourth-order valence-corrected chi connectivity index (χ4v) is 2.15. The molecule has 0 radical (unpaired) electrons. The Morgan fingerprint density at radius 2 is 2.11 bits per heavy atom. The number of anilines is 1. The quantitative estimate of drug-likeness (QED) is 0.771. The summed E-state index contributed by atoms with van der Waals surface area (Å²) in [4.78, 5) is 24.2. The molecule has 0 saturated heterocycles. The zero-order valence-electron chi connectivity index (χ0n) is 9.75. The van der Waals surface area contributed by atoms with Crippen molar-refractivity contribution in [2.75, 3.05) is 5.32 Å². The van der Waals surface area contributed by atoms with Gasteiger partial charge in [0.1, 0.15) is 11.7 Å². The lowest BCUT2D eigenvalue weighted by Crippen LogP contribution is -2.38. The third-order valence-electron chi connectivity index (χ3n) is 2.99. The van der Waals surface area contributed by atoms with E-state index in [1.54, 1.807) is 12.1 Å². The van der Waals surface area contributed by atoms with Crippen LogP contribution in [-0.2, 0) is 4.79 Å². The summed E-state index contributed by atoms with van der Waals surface area (Å²) in [5, 5.41) is 6.60. The fraction of sp³-hybridized carbons (Fsp3) is 0.154. The molecule has 5 nitrogen and oxygen atoms in total. The monoisotopic (exact) mass is 241 g/mol. The number of rotatable bonds is 1. The lowest BCUT2D eigenvalue weighted by atomic mass is 9.95. The van der Waals surface area contributed by atoms with Crippen molar-refractivity contribution in [3.63, 3.8) is 0 Å². The molecule has 1 aromatic carbocycles. The molecule has 1 N–H and O–H groups in total. The standard InChI is InChI=1S/C13H11N3O2/c1-8-3-2-4-9(7-8)11-12(17)15-10-5-6-14-16(10)13(11)18/h2-7,11H,1H3,(H,15,17). The lowest BCUT2D eigenvalue weighted by Gasteiger charge is -2.22. The topological polar surface area (TPSA) is 64.0 Å². The van der Waals surface area contributed by atoms with Crippen LogP contribution in [0.4, 0.5) is 5.82 Å². The number of nitrogens with zero attached hydrogens (tertiary/aromatic N) is 2. The Labute approximate surface area is 103 Å². The number of hydrogen-bond acceptors (Lipinski definition) is 3. The number of hydrogen-bond donors (Lipinski definition) is 1. The molecule has 3 rings (SSSR count). The van der Waals surface area contributed by atoms with Crippen LogP contribution in [0.2, 0.25) is 0 Å². The molecule has 2 heterocycles. The number of aromatic nitrogens is 2. The maximum atomic E-state index is 12.2. The highest BCUT2D eigenvalue weighted by Crippen LogP contribution is 2.26. The number of aryl methyl sites for hydroxylation is 1. The van der Waals surface area contributed by atoms with E-state index in [0.29, 0.717) is 11.4 Å². The van der Waals surface area contributed by atoms with Crippen molar-refractivity contribution >= 4 is 17.6 Å². The first kappa shape index (κ1) is 10.7. The van der Waals surface area contributed by atoms with E-state index in [-0.39, 0.29) is 11.8 Å². The van der Waals surface area contributed by atoms with E-state index in [9.17, 15) is 9.59 Å². The third kappa shape index (κ3) is 1.52. The minimum absolute atomic E-state index is 0.307. The number of carbonyl (C=O) groups is 2. The van der Waals surface area contributed by atoms with E-state index < -0.39 is 5.92 Å². The molecule has 90 valence electrons. The molecule has 1 aliphatic heterocycles. The average molecular weight is 241 g/mol. The van der Waals surface area contributed by atoms with E-state index in [2.05, 4.69) is 10.4 Å². The summed E-state index contributed by atoms with van der Waals surface area (Å²) in [7, 11) is 0. The fourth-order valence-electron chi connectivity index (χ4n) is 2.15. The van der Waals surface area contributed by atoms with Crippen LogP contribution in [0.5, 0.6) is 0 Å². The van der Waals surface area contributed by atoms with Gasteiger partial charge < -0.3 is 5.32 Å². The molecule has 1 atom stereocenters. The zero-order chi connectivity index (χ0) is 12.7. The van der Waals surface area contributed by atoms with Gasteiger partial charge in [0.2, 0.25) is 5.91 Å². The highest BCUT2D eigenvalue weighted by Gasteiger charge is 2.36. The smallest absolute Gasteiger partial charge is 0.265 e. The van der Waals surface area contributed by atoms with Crippen molar-refractivity contribution in [1.29, 1.82) is 0 Å². The second kappa shape index (κ2) is 3.80. The largest absolute Gasteiger partial charge is 0.310 e. The first-order chi connectivity index (χ1) is 8.66. The van der Waals surface area contributed by atoms with Gasteiger partial charge in [0.25, 0.3) is 5.91 Å². The van der Waals surface area contributed by atoms with Crippen LogP contribution < -0.4 is 5.32 Å². The van der Waals surface area contributed by atoms with Crippen LogP contribution in [0.1, 0.15) is 21.8 Å². The average Bonchev–Trinajstić information content (AvgIpc) is 2.77. The molecule has 1 amide bonds. The van der Waals surface area contributed by atoms with Crippen molar-refractivity contribution in [2.45, 2.75) is 12.8 Å². The van der Waals surface area contributed by atoms with Crippen molar-refractivity contribution < 1.29 is 9.59 Å². The molecule has 5 heteroatoms. The Balaban J connectivity index is 2.08. The van der Waals surface area contributed by atoms with Crippen molar-refractivity contribution in [2.24, 2.45) is 0 Å². The first-order valence-corrected chi connectivity index (χ1v) is 5.62. The number of nitrogens with one attached hydrogen (secondary N) is 1. The van der Waals surface area contributed by atoms with Gasteiger partial charge in [-0.05, 0) is 12.5 Å². The van der Waals surface area contributed by atoms with Crippen LogP contribution in [0, 0.1) is 6.92 Å². The minimum Gasteiger partial charge on any atom is -0.310 e. The van der Waals surface area contributed by atoms with E-state index in [4.69, 9.17) is 0 Å². The molecule has 0 spiro atoms. The molecular formula is C13H11N3O2. The van der Waals surface area contributed by atoms with E-state index in [1.807, 2.05) is 25.1 Å². The van der Waals surface area contributed by atoms with Crippen molar-refractivity contribution in [3.05, 3.63) is 47.7 Å². The Morgan fingerprint density at radius 1 is 1.28 bits per heavy atom. The van der Waals surface area contributed by atoms with Gasteiger partial charge in [-0.1, -0.05) is 29.8 Å². The summed E-state index contributed by atoms with van der Waals surface area (Å²) < 4.78 is 1.23. The normalized spacial score (nSPS) is 18.4. The van der Waals surface area contributed by atoms with E-state index >= 15 is 0 Å². The van der Waals surface area contributed by atoms with Gasteiger partial charge >= 0.3 is 0 Å². The molecule has 0 fully saturated rings. The summed E-state index contributed by atoms with van der Waals surface area (Å²) in [6, 6.07) is 8.99. The molecule has 18 heavy (non-hydrogen) atoms. The molecule has 0 bridgehead atoms. The molecule has 1 aliphatic rings. The maximum Gasteiger partial charge on any atom is 0.265 e. The minimum atomic E-state index is -0.822. The molecule has 2 aromatic rings. The molecule has 0 aliphatic carbocycles. The number of amides is 1. The highest BCUT2D eigenvalue weighted by atomic mass is 16.2. The van der Waals surface area contributed by atoms with Crippen LogP contribution >= 0.6 is 0 Å². The Morgan fingerprint density at radius 3 is 2.89 bits per heavy atom. The summed E-state index contributed by atoms with van der Waals surface area (Å²) in [5.74, 6) is -1.02. The molecule has 0 saturated carbocycles. The van der Waals surface area contributed by atoms with Crippen LogP contribution in [0.25, 0.3) is 0 Å². The predicted octanol–water partition coefficient (Wildman–Crippen LogP) is 1.57. The Hall–Kier alpha value is -2.43. The summed E-state index contributed by atoms with van der Waals surface area (Å²) in [6.45, 7) is 1.92. The molecular weight excluding hydrogens is 230 g/mol. The Kier molecular flexibility index (Phi) is 2.26. The SMILES string of the molecule is Cc1cccc(C2C(=O)Nc3ccnn3C2=O)c1. The van der Waals surface area contributed by atoms with Gasteiger partial charge in [-0.2, -0.15) is 9.78 Å². The zero-order valence-corrected chi connectivity index (χ0v) is 9.75. The second-order valence-electron chi connectivity index (χ2n) is 4.30. The van der Waals surface area contributed by atoms with Gasteiger partial charge in [-0.25, -0.2) is 0 Å². The lowest BCUT2D eigenvalue weighted by molar-refractivity contribution is -0.117. The van der Waals surface area contributed by atoms with Crippen molar-refractivity contribution in [3.8, 4) is 0 Å².